The van der Waals surface area contributed by atoms with Gasteiger partial charge in [-0.1, -0.05) is 18.2 Å². The Labute approximate surface area is 100 Å². The molecule has 0 atom stereocenters. The van der Waals surface area contributed by atoms with E-state index in [4.69, 9.17) is 9.88 Å². The molecule has 1 heterocycles. The molecular formula is C12H13NO3S. The number of ether oxygens (including phenoxy) is 1. The first-order valence-electron chi connectivity index (χ1n) is 5.15. The molecule has 0 saturated heterocycles. The van der Waals surface area contributed by atoms with Crippen LogP contribution in [-0.4, -0.2) is 15.0 Å². The first-order chi connectivity index (χ1) is 8.07. The van der Waals surface area contributed by atoms with Crippen molar-refractivity contribution in [2.75, 3.05) is 6.61 Å². The predicted molar refractivity (Wildman–Crippen MR) is 64.7 cm³/mol. The molecule has 0 amide bonds. The number of nitrogens with two attached hydrogens (primary N) is 1. The molecule has 1 aliphatic rings. The van der Waals surface area contributed by atoms with E-state index in [1.807, 2.05) is 12.2 Å². The van der Waals surface area contributed by atoms with E-state index in [2.05, 4.69) is 0 Å². The van der Waals surface area contributed by atoms with Gasteiger partial charge in [-0.3, -0.25) is 0 Å². The largest absolute Gasteiger partial charge is 0.497 e. The lowest BCUT2D eigenvalue weighted by molar-refractivity contribution is 0.284. The molecule has 0 saturated carbocycles. The number of primary sulfonamides is 1. The summed E-state index contributed by atoms with van der Waals surface area (Å²) in [5.74, 6) is 0. The number of allylic oxidation sites excluding steroid dienone is 2. The fraction of sp³-hybridized carbons (Fsp3) is 0.167. The second-order valence-electron chi connectivity index (χ2n) is 3.74. The Bertz CT molecular complexity index is 573. The van der Waals surface area contributed by atoms with Gasteiger partial charge in [0, 0.05) is 0 Å². The van der Waals surface area contributed by atoms with Crippen LogP contribution in [0.2, 0.25) is 0 Å². The van der Waals surface area contributed by atoms with E-state index in [9.17, 15) is 8.42 Å². The molecule has 17 heavy (non-hydrogen) atoms. The van der Waals surface area contributed by atoms with Crippen molar-refractivity contribution in [2.45, 2.75) is 11.3 Å². The zero-order chi connectivity index (χ0) is 12.3. The number of benzene rings is 1. The molecule has 0 spiro atoms. The van der Waals surface area contributed by atoms with E-state index in [0.717, 1.165) is 5.57 Å². The van der Waals surface area contributed by atoms with Crippen LogP contribution in [0.4, 0.5) is 0 Å². The van der Waals surface area contributed by atoms with Gasteiger partial charge in [-0.15, -0.1) is 0 Å². The molecule has 0 fully saturated rings. The van der Waals surface area contributed by atoms with Gasteiger partial charge in [-0.05, 0) is 35.8 Å². The van der Waals surface area contributed by atoms with Gasteiger partial charge >= 0.3 is 0 Å². The maximum Gasteiger partial charge on any atom is 0.238 e. The van der Waals surface area contributed by atoms with Crippen LogP contribution in [-0.2, 0) is 21.2 Å². The Morgan fingerprint density at radius 3 is 2.71 bits per heavy atom. The normalized spacial score (nSPS) is 15.2. The monoisotopic (exact) mass is 251 g/mol. The van der Waals surface area contributed by atoms with Crippen molar-refractivity contribution in [1.82, 2.24) is 0 Å². The number of hydrogen-bond acceptors (Lipinski definition) is 3. The fourth-order valence-corrected chi connectivity index (χ4v) is 2.47. The van der Waals surface area contributed by atoms with E-state index >= 15 is 0 Å². The van der Waals surface area contributed by atoms with Crippen LogP contribution >= 0.6 is 0 Å². The molecule has 90 valence electrons. The van der Waals surface area contributed by atoms with Gasteiger partial charge in [-0.25, -0.2) is 13.6 Å². The minimum atomic E-state index is -3.67. The van der Waals surface area contributed by atoms with Crippen LogP contribution < -0.4 is 5.14 Å². The quantitative estimate of drug-likeness (QED) is 0.881. The summed E-state index contributed by atoms with van der Waals surface area (Å²) in [7, 11) is -3.67. The van der Waals surface area contributed by atoms with Crippen LogP contribution in [0.3, 0.4) is 0 Å². The van der Waals surface area contributed by atoms with E-state index in [1.165, 1.54) is 6.07 Å². The fourth-order valence-electron chi connectivity index (χ4n) is 1.69. The molecule has 4 nitrogen and oxygen atoms in total. The molecule has 0 radical (unpaired) electrons. The van der Waals surface area contributed by atoms with Gasteiger partial charge < -0.3 is 4.74 Å². The van der Waals surface area contributed by atoms with Gasteiger partial charge in [-0.2, -0.15) is 0 Å². The first-order valence-corrected chi connectivity index (χ1v) is 6.70. The maximum atomic E-state index is 11.4. The summed E-state index contributed by atoms with van der Waals surface area (Å²) < 4.78 is 27.9. The lowest BCUT2D eigenvalue weighted by atomic mass is 10.0. The molecule has 2 N–H and O–H groups in total. The molecule has 2 rings (SSSR count). The van der Waals surface area contributed by atoms with Crippen LogP contribution in [0, 0.1) is 0 Å². The number of hydrogen-bond donors (Lipinski definition) is 1. The third-order valence-corrected chi connectivity index (χ3v) is 3.51. The maximum absolute atomic E-state index is 11.4. The first kappa shape index (κ1) is 11.9. The van der Waals surface area contributed by atoms with Crippen molar-refractivity contribution in [3.63, 3.8) is 0 Å². The molecule has 0 aromatic heterocycles. The Morgan fingerprint density at radius 1 is 1.29 bits per heavy atom. The molecular weight excluding hydrogens is 238 g/mol. The third kappa shape index (κ3) is 2.95. The SMILES string of the molecule is NS(=O)(=O)c1ccccc1CC1=CCOC=C1. The highest BCUT2D eigenvalue weighted by Gasteiger charge is 2.13. The van der Waals surface area contributed by atoms with Gasteiger partial charge in [0.25, 0.3) is 0 Å². The average molecular weight is 251 g/mol. The second kappa shape index (κ2) is 4.73. The van der Waals surface area contributed by atoms with Gasteiger partial charge in [0.15, 0.2) is 0 Å². The number of rotatable bonds is 3. The Hall–Kier alpha value is -1.59. The minimum Gasteiger partial charge on any atom is -0.497 e. The molecule has 1 aromatic carbocycles. The van der Waals surface area contributed by atoms with Crippen LogP contribution in [0.15, 0.2) is 53.1 Å². The minimum absolute atomic E-state index is 0.181. The van der Waals surface area contributed by atoms with Crippen molar-refractivity contribution in [1.29, 1.82) is 0 Å². The standard InChI is InChI=1S/C12H13NO3S/c13-17(14,15)12-4-2-1-3-11(12)9-10-5-7-16-8-6-10/h1-7H,8-9H2,(H2,13,14,15). The summed E-state index contributed by atoms with van der Waals surface area (Å²) in [4.78, 5) is 0.181. The lowest BCUT2D eigenvalue weighted by Crippen LogP contribution is -2.14. The highest BCUT2D eigenvalue weighted by atomic mass is 32.2. The molecule has 5 heteroatoms. The summed E-state index contributed by atoms with van der Waals surface area (Å²) in [5, 5.41) is 5.17. The third-order valence-electron chi connectivity index (χ3n) is 2.49. The van der Waals surface area contributed by atoms with Crippen LogP contribution in [0.25, 0.3) is 0 Å². The molecule has 1 aliphatic heterocycles. The zero-order valence-electron chi connectivity index (χ0n) is 9.17. The van der Waals surface area contributed by atoms with Crippen molar-refractivity contribution in [2.24, 2.45) is 5.14 Å². The Morgan fingerprint density at radius 2 is 2.06 bits per heavy atom. The molecule has 1 aromatic rings. The predicted octanol–water partition coefficient (Wildman–Crippen LogP) is 1.35. The molecule has 0 aliphatic carbocycles. The Kier molecular flexibility index (Phi) is 3.31. The molecule has 0 unspecified atom stereocenters. The summed E-state index contributed by atoms with van der Waals surface area (Å²) in [6, 6.07) is 6.75. The van der Waals surface area contributed by atoms with Crippen molar-refractivity contribution in [3.8, 4) is 0 Å². The smallest absolute Gasteiger partial charge is 0.238 e. The van der Waals surface area contributed by atoms with Crippen LogP contribution in [0.5, 0.6) is 0 Å². The van der Waals surface area contributed by atoms with Crippen molar-refractivity contribution >= 4 is 10.0 Å². The van der Waals surface area contributed by atoms with Gasteiger partial charge in [0.1, 0.15) is 6.61 Å². The van der Waals surface area contributed by atoms with Crippen molar-refractivity contribution in [3.05, 3.63) is 53.8 Å². The zero-order valence-corrected chi connectivity index (χ0v) is 9.98. The summed E-state index contributed by atoms with van der Waals surface area (Å²) in [5.41, 5.74) is 1.72. The highest BCUT2D eigenvalue weighted by molar-refractivity contribution is 7.89. The van der Waals surface area contributed by atoms with Gasteiger partial charge in [0.05, 0.1) is 11.2 Å². The van der Waals surface area contributed by atoms with E-state index in [1.54, 1.807) is 24.5 Å². The second-order valence-corrected chi connectivity index (χ2v) is 5.27. The summed E-state index contributed by atoms with van der Waals surface area (Å²) >= 11 is 0. The summed E-state index contributed by atoms with van der Waals surface area (Å²) in [6.07, 6.45) is 5.88. The van der Waals surface area contributed by atoms with Crippen LogP contribution in [0.1, 0.15) is 5.56 Å². The Balaban J connectivity index is 2.33. The number of sulfonamides is 1. The molecule has 0 bridgehead atoms. The highest BCUT2D eigenvalue weighted by Crippen LogP contribution is 2.19. The summed E-state index contributed by atoms with van der Waals surface area (Å²) in [6.45, 7) is 0.517. The lowest BCUT2D eigenvalue weighted by Gasteiger charge is -2.10. The van der Waals surface area contributed by atoms with E-state index in [0.29, 0.717) is 18.6 Å². The van der Waals surface area contributed by atoms with Crippen molar-refractivity contribution < 1.29 is 13.2 Å². The average Bonchev–Trinajstić information content (AvgIpc) is 2.30. The van der Waals surface area contributed by atoms with E-state index in [-0.39, 0.29) is 4.90 Å². The van der Waals surface area contributed by atoms with E-state index < -0.39 is 10.0 Å². The van der Waals surface area contributed by atoms with Gasteiger partial charge in [0.2, 0.25) is 10.0 Å². The topological polar surface area (TPSA) is 69.4 Å².